The van der Waals surface area contributed by atoms with Gasteiger partial charge in [0.15, 0.2) is 5.96 Å². The summed E-state index contributed by atoms with van der Waals surface area (Å²) in [5.41, 5.74) is 11.6. The first kappa shape index (κ1) is 21.6. The Hall–Kier alpha value is -1.59. The Morgan fingerprint density at radius 2 is 1.53 bits per heavy atom. The summed E-state index contributed by atoms with van der Waals surface area (Å²) in [4.78, 5) is 10.5. The summed E-state index contributed by atoms with van der Waals surface area (Å²) in [6.45, 7) is 11.3. The molecule has 0 unspecified atom stereocenters. The van der Waals surface area contributed by atoms with Gasteiger partial charge in [0.25, 0.3) is 0 Å². The van der Waals surface area contributed by atoms with Crippen molar-refractivity contribution in [2.45, 2.75) is 90.3 Å². The molecule has 0 aromatic heterocycles. The molecule has 2 aliphatic heterocycles. The molecule has 1 aliphatic carbocycles. The molecule has 166 valence electrons. The summed E-state index contributed by atoms with van der Waals surface area (Å²) >= 11 is 0. The Morgan fingerprint density at radius 3 is 2.17 bits per heavy atom. The molecule has 3 N–H and O–H groups in total. The first-order chi connectivity index (χ1) is 14.5. The van der Waals surface area contributed by atoms with Gasteiger partial charge in [-0.25, -0.2) is 4.99 Å². The van der Waals surface area contributed by atoms with E-state index in [1.54, 1.807) is 0 Å². The van der Waals surface area contributed by atoms with Crippen molar-refractivity contribution in [1.82, 2.24) is 9.80 Å². The summed E-state index contributed by atoms with van der Waals surface area (Å²) < 4.78 is 0. The zero-order chi connectivity index (χ0) is 21.1. The summed E-state index contributed by atoms with van der Waals surface area (Å²) in [6, 6.07) is 5.71. The van der Waals surface area contributed by atoms with Gasteiger partial charge in [-0.1, -0.05) is 30.5 Å². The van der Waals surface area contributed by atoms with Gasteiger partial charge in [0.05, 0.1) is 6.04 Å². The number of aliphatic imine (C=N–C) groups is 1. The van der Waals surface area contributed by atoms with Crippen LogP contribution in [0.15, 0.2) is 17.1 Å². The SMILES string of the molecule is Cc1cc(C)c(NC(=N[C@H]2CCCC[C@@H]2N)N2CCC(N3CCCC3)CC2)c(C)c1. The van der Waals surface area contributed by atoms with Gasteiger partial charge >= 0.3 is 0 Å². The number of likely N-dealkylation sites (tertiary alicyclic amines) is 2. The number of anilines is 1. The molecule has 0 radical (unpaired) electrons. The van der Waals surface area contributed by atoms with E-state index in [1.165, 1.54) is 74.0 Å². The van der Waals surface area contributed by atoms with Gasteiger partial charge in [0.2, 0.25) is 0 Å². The average Bonchev–Trinajstić information content (AvgIpc) is 3.26. The normalized spacial score (nSPS) is 26.9. The number of nitrogens with one attached hydrogen (secondary N) is 1. The zero-order valence-electron chi connectivity index (χ0n) is 19.3. The molecule has 0 amide bonds. The largest absolute Gasteiger partial charge is 0.343 e. The van der Waals surface area contributed by atoms with Crippen molar-refractivity contribution in [3.63, 3.8) is 0 Å². The predicted octanol–water partition coefficient (Wildman–Crippen LogP) is 4.21. The molecule has 2 heterocycles. The Balaban J connectivity index is 1.53. The molecule has 0 bridgehead atoms. The van der Waals surface area contributed by atoms with Gasteiger partial charge in [-0.3, -0.25) is 0 Å². The standard InChI is InChI=1S/C25H41N5/c1-18-16-19(2)24(20(3)17-18)28-25(27-23-9-5-4-8-22(23)26)30-14-10-21(11-15-30)29-12-6-7-13-29/h16-17,21-23H,4-15,26H2,1-3H3,(H,27,28)/t22-,23-/m0/s1. The lowest BCUT2D eigenvalue weighted by Crippen LogP contribution is -2.49. The van der Waals surface area contributed by atoms with E-state index in [9.17, 15) is 0 Å². The molecule has 1 aromatic rings. The minimum absolute atomic E-state index is 0.193. The monoisotopic (exact) mass is 411 g/mol. The van der Waals surface area contributed by atoms with Crippen molar-refractivity contribution in [3.8, 4) is 0 Å². The van der Waals surface area contributed by atoms with Gasteiger partial charge in [-0.2, -0.15) is 0 Å². The van der Waals surface area contributed by atoms with Crippen molar-refractivity contribution in [2.24, 2.45) is 10.7 Å². The molecule has 4 rings (SSSR count). The molecule has 0 spiro atoms. The van der Waals surface area contributed by atoms with Gasteiger partial charge < -0.3 is 20.9 Å². The van der Waals surface area contributed by atoms with Crippen molar-refractivity contribution < 1.29 is 0 Å². The van der Waals surface area contributed by atoms with Crippen molar-refractivity contribution >= 4 is 11.6 Å². The maximum atomic E-state index is 6.47. The van der Waals surface area contributed by atoms with E-state index >= 15 is 0 Å². The van der Waals surface area contributed by atoms with E-state index in [-0.39, 0.29) is 12.1 Å². The molecule has 2 atom stereocenters. The first-order valence-electron chi connectivity index (χ1n) is 12.2. The number of nitrogens with two attached hydrogens (primary N) is 1. The summed E-state index contributed by atoms with van der Waals surface area (Å²) in [5.74, 6) is 1.05. The minimum Gasteiger partial charge on any atom is -0.343 e. The number of hydrogen-bond acceptors (Lipinski definition) is 3. The highest BCUT2D eigenvalue weighted by Gasteiger charge is 2.29. The Labute approximate surface area is 183 Å². The van der Waals surface area contributed by atoms with Crippen LogP contribution in [0, 0.1) is 20.8 Å². The van der Waals surface area contributed by atoms with Gasteiger partial charge in [0.1, 0.15) is 0 Å². The molecular formula is C25H41N5. The van der Waals surface area contributed by atoms with Crippen LogP contribution < -0.4 is 11.1 Å². The minimum atomic E-state index is 0.193. The smallest absolute Gasteiger partial charge is 0.198 e. The van der Waals surface area contributed by atoms with Gasteiger partial charge in [-0.05, 0) is 83.5 Å². The number of piperidine rings is 1. The van der Waals surface area contributed by atoms with Crippen LogP contribution in [0.1, 0.15) is 68.1 Å². The molecule has 5 heteroatoms. The topological polar surface area (TPSA) is 56.9 Å². The third kappa shape index (κ3) is 5.00. The third-order valence-electron chi connectivity index (χ3n) is 7.40. The molecule has 2 saturated heterocycles. The van der Waals surface area contributed by atoms with E-state index in [1.807, 2.05) is 0 Å². The fourth-order valence-electron chi connectivity index (χ4n) is 5.69. The highest BCUT2D eigenvalue weighted by molar-refractivity contribution is 5.95. The van der Waals surface area contributed by atoms with Crippen LogP contribution in [0.3, 0.4) is 0 Å². The Morgan fingerprint density at radius 1 is 0.900 bits per heavy atom. The van der Waals surface area contributed by atoms with Gasteiger partial charge in [-0.15, -0.1) is 0 Å². The lowest BCUT2D eigenvalue weighted by atomic mass is 9.91. The second kappa shape index (κ2) is 9.69. The maximum Gasteiger partial charge on any atom is 0.198 e. The number of benzene rings is 1. The zero-order valence-corrected chi connectivity index (χ0v) is 19.3. The van der Waals surface area contributed by atoms with Crippen molar-refractivity contribution in [2.75, 3.05) is 31.5 Å². The van der Waals surface area contributed by atoms with Crippen LogP contribution >= 0.6 is 0 Å². The van der Waals surface area contributed by atoms with Crippen LogP contribution in [0.4, 0.5) is 5.69 Å². The second-order valence-electron chi connectivity index (χ2n) is 9.83. The predicted molar refractivity (Wildman–Crippen MR) is 127 cm³/mol. The quantitative estimate of drug-likeness (QED) is 0.578. The maximum absolute atomic E-state index is 6.47. The summed E-state index contributed by atoms with van der Waals surface area (Å²) in [5, 5.41) is 3.77. The number of aryl methyl sites for hydroxylation is 3. The third-order valence-corrected chi connectivity index (χ3v) is 7.40. The van der Waals surface area contributed by atoms with E-state index < -0.39 is 0 Å². The van der Waals surface area contributed by atoms with Crippen LogP contribution in [0.25, 0.3) is 0 Å². The van der Waals surface area contributed by atoms with Crippen LogP contribution in [-0.4, -0.2) is 60.1 Å². The van der Waals surface area contributed by atoms with Crippen molar-refractivity contribution in [3.05, 3.63) is 28.8 Å². The fourth-order valence-corrected chi connectivity index (χ4v) is 5.69. The van der Waals surface area contributed by atoms with E-state index in [0.29, 0.717) is 0 Å². The molecule has 30 heavy (non-hydrogen) atoms. The van der Waals surface area contributed by atoms with Crippen LogP contribution in [0.2, 0.25) is 0 Å². The van der Waals surface area contributed by atoms with E-state index in [4.69, 9.17) is 10.7 Å². The fraction of sp³-hybridized carbons (Fsp3) is 0.720. The number of nitrogens with zero attached hydrogens (tertiary/aromatic N) is 3. The molecule has 5 nitrogen and oxygen atoms in total. The summed E-state index contributed by atoms with van der Waals surface area (Å²) in [7, 11) is 0. The number of hydrogen-bond donors (Lipinski definition) is 2. The Kier molecular flexibility index (Phi) is 6.99. The summed E-state index contributed by atoms with van der Waals surface area (Å²) in [6.07, 6.45) is 9.93. The molecule has 3 fully saturated rings. The van der Waals surface area contributed by atoms with Crippen LogP contribution in [-0.2, 0) is 0 Å². The number of guanidine groups is 1. The van der Waals surface area contributed by atoms with Crippen LogP contribution in [0.5, 0.6) is 0 Å². The van der Waals surface area contributed by atoms with E-state index in [0.717, 1.165) is 37.9 Å². The highest BCUT2D eigenvalue weighted by atomic mass is 15.3. The van der Waals surface area contributed by atoms with Gasteiger partial charge in [0, 0.05) is 30.9 Å². The second-order valence-corrected chi connectivity index (χ2v) is 9.83. The lowest BCUT2D eigenvalue weighted by Gasteiger charge is -2.39. The molecular weight excluding hydrogens is 370 g/mol. The molecule has 1 aromatic carbocycles. The first-order valence-corrected chi connectivity index (χ1v) is 12.2. The van der Waals surface area contributed by atoms with E-state index in [2.05, 4.69) is 48.0 Å². The Bertz CT molecular complexity index is 721. The lowest BCUT2D eigenvalue weighted by molar-refractivity contribution is 0.163. The number of rotatable bonds is 3. The highest BCUT2D eigenvalue weighted by Crippen LogP contribution is 2.26. The molecule has 1 saturated carbocycles. The molecule has 3 aliphatic rings. The average molecular weight is 412 g/mol. The van der Waals surface area contributed by atoms with Crippen molar-refractivity contribution in [1.29, 1.82) is 0 Å².